The van der Waals surface area contributed by atoms with Crippen molar-refractivity contribution in [2.75, 3.05) is 13.7 Å². The fourth-order valence-electron chi connectivity index (χ4n) is 1.81. The Balaban J connectivity index is 1.74. The minimum atomic E-state index is 0.455. The maximum absolute atomic E-state index is 5.83. The highest BCUT2D eigenvalue weighted by molar-refractivity contribution is 7.11. The second-order valence-corrected chi connectivity index (χ2v) is 5.91. The van der Waals surface area contributed by atoms with Crippen LogP contribution in [0.25, 0.3) is 0 Å². The molecule has 0 saturated heterocycles. The molecule has 0 amide bonds. The summed E-state index contributed by atoms with van der Waals surface area (Å²) in [5.41, 5.74) is 7.06. The number of guanidine groups is 1. The number of aryl methyl sites for hydroxylation is 1. The van der Waals surface area contributed by atoms with Gasteiger partial charge in [0.2, 0.25) is 0 Å². The van der Waals surface area contributed by atoms with Crippen LogP contribution in [-0.2, 0) is 13.0 Å². The third-order valence-electron chi connectivity index (χ3n) is 2.93. The Bertz CT molecular complexity index is 592. The van der Waals surface area contributed by atoms with E-state index in [4.69, 9.17) is 10.5 Å². The highest BCUT2D eigenvalue weighted by Gasteiger charge is 1.99. The van der Waals surface area contributed by atoms with Crippen molar-refractivity contribution in [2.45, 2.75) is 19.9 Å². The van der Waals surface area contributed by atoms with Crippen molar-refractivity contribution in [2.24, 2.45) is 10.7 Å². The standard InChI is InChI=1S/C15H20N4OS/c1-11-9-18-14(21-11)10-19-15(16)17-8-7-12-3-5-13(20-2)6-4-12/h3-6,9H,7-8,10H2,1-2H3,(H3,16,17,19). The van der Waals surface area contributed by atoms with Crippen LogP contribution in [0.5, 0.6) is 5.75 Å². The summed E-state index contributed by atoms with van der Waals surface area (Å²) < 4.78 is 5.13. The molecule has 2 rings (SSSR count). The number of thiazole rings is 1. The number of benzene rings is 1. The van der Waals surface area contributed by atoms with Crippen LogP contribution in [0.2, 0.25) is 0 Å². The van der Waals surface area contributed by atoms with Crippen LogP contribution >= 0.6 is 11.3 Å². The zero-order chi connectivity index (χ0) is 15.1. The molecule has 0 saturated carbocycles. The van der Waals surface area contributed by atoms with E-state index in [1.165, 1.54) is 10.4 Å². The van der Waals surface area contributed by atoms with Gasteiger partial charge in [-0.2, -0.15) is 0 Å². The molecule has 0 unspecified atom stereocenters. The Morgan fingerprint density at radius 2 is 2.14 bits per heavy atom. The molecule has 0 aliphatic rings. The Morgan fingerprint density at radius 3 is 2.76 bits per heavy atom. The summed E-state index contributed by atoms with van der Waals surface area (Å²) in [5.74, 6) is 1.32. The van der Waals surface area contributed by atoms with E-state index < -0.39 is 0 Å². The number of aromatic nitrogens is 1. The molecular weight excluding hydrogens is 284 g/mol. The van der Waals surface area contributed by atoms with E-state index in [1.807, 2.05) is 37.4 Å². The largest absolute Gasteiger partial charge is 0.497 e. The first kappa shape index (κ1) is 15.3. The number of rotatable bonds is 6. The van der Waals surface area contributed by atoms with Gasteiger partial charge in [-0.3, -0.25) is 0 Å². The van der Waals surface area contributed by atoms with Gasteiger partial charge in [-0.05, 0) is 31.0 Å². The number of hydrogen-bond acceptors (Lipinski definition) is 4. The lowest BCUT2D eigenvalue weighted by Crippen LogP contribution is -2.33. The summed E-state index contributed by atoms with van der Waals surface area (Å²) in [6.45, 7) is 3.31. The molecule has 112 valence electrons. The zero-order valence-corrected chi connectivity index (χ0v) is 13.1. The van der Waals surface area contributed by atoms with Crippen molar-refractivity contribution < 1.29 is 4.74 Å². The zero-order valence-electron chi connectivity index (χ0n) is 12.3. The molecule has 3 N–H and O–H groups in total. The second kappa shape index (κ2) is 7.64. The second-order valence-electron chi connectivity index (χ2n) is 4.59. The van der Waals surface area contributed by atoms with E-state index in [9.17, 15) is 0 Å². The van der Waals surface area contributed by atoms with Gasteiger partial charge >= 0.3 is 0 Å². The van der Waals surface area contributed by atoms with E-state index in [1.54, 1.807) is 18.4 Å². The Hall–Kier alpha value is -2.08. The van der Waals surface area contributed by atoms with Crippen LogP contribution in [-0.4, -0.2) is 24.6 Å². The summed E-state index contributed by atoms with van der Waals surface area (Å²) in [6.07, 6.45) is 2.74. The minimum absolute atomic E-state index is 0.455. The Kier molecular flexibility index (Phi) is 5.57. The van der Waals surface area contributed by atoms with Gasteiger partial charge in [-0.15, -0.1) is 11.3 Å². The normalized spacial score (nSPS) is 11.4. The highest BCUT2D eigenvalue weighted by atomic mass is 32.1. The first-order valence-corrected chi connectivity index (χ1v) is 7.57. The number of ether oxygens (including phenoxy) is 1. The van der Waals surface area contributed by atoms with Crippen LogP contribution < -0.4 is 15.8 Å². The fourth-order valence-corrected chi connectivity index (χ4v) is 2.52. The van der Waals surface area contributed by atoms with Gasteiger partial charge in [0.25, 0.3) is 0 Å². The number of nitrogens with zero attached hydrogens (tertiary/aromatic N) is 2. The number of hydrogen-bond donors (Lipinski definition) is 2. The summed E-state index contributed by atoms with van der Waals surface area (Å²) in [4.78, 5) is 9.71. The van der Waals surface area contributed by atoms with Crippen LogP contribution in [0.4, 0.5) is 0 Å². The molecule has 2 aromatic rings. The molecule has 0 aliphatic heterocycles. The molecule has 6 heteroatoms. The van der Waals surface area contributed by atoms with Gasteiger partial charge in [0.15, 0.2) is 5.96 Å². The lowest BCUT2D eigenvalue weighted by Gasteiger charge is -2.06. The maximum Gasteiger partial charge on any atom is 0.189 e. The summed E-state index contributed by atoms with van der Waals surface area (Å²) in [5, 5.41) is 4.09. The third-order valence-corrected chi connectivity index (χ3v) is 3.83. The quantitative estimate of drug-likeness (QED) is 0.633. The van der Waals surface area contributed by atoms with Gasteiger partial charge in [0.05, 0.1) is 13.7 Å². The molecule has 1 heterocycles. The Morgan fingerprint density at radius 1 is 1.38 bits per heavy atom. The number of nitrogens with one attached hydrogen (secondary N) is 1. The molecule has 0 atom stereocenters. The van der Waals surface area contributed by atoms with Crippen LogP contribution in [0.1, 0.15) is 15.4 Å². The molecule has 0 bridgehead atoms. The van der Waals surface area contributed by atoms with Crippen molar-refractivity contribution in [1.82, 2.24) is 10.3 Å². The van der Waals surface area contributed by atoms with Crippen molar-refractivity contribution in [3.63, 3.8) is 0 Å². The van der Waals surface area contributed by atoms with Gasteiger partial charge in [0, 0.05) is 17.6 Å². The summed E-state index contributed by atoms with van der Waals surface area (Å²) in [6, 6.07) is 8.01. The SMILES string of the molecule is COc1ccc(CCNC(N)=NCc2ncc(C)s2)cc1. The molecule has 1 aromatic carbocycles. The molecule has 1 aromatic heterocycles. The summed E-state index contributed by atoms with van der Waals surface area (Å²) >= 11 is 1.64. The molecule has 5 nitrogen and oxygen atoms in total. The fraction of sp³-hybridized carbons (Fsp3) is 0.333. The number of methoxy groups -OCH3 is 1. The van der Waals surface area contributed by atoms with Crippen molar-refractivity contribution >= 4 is 17.3 Å². The van der Waals surface area contributed by atoms with E-state index in [0.717, 1.165) is 23.7 Å². The molecule has 0 radical (unpaired) electrons. The first-order valence-electron chi connectivity index (χ1n) is 6.75. The van der Waals surface area contributed by atoms with E-state index in [0.29, 0.717) is 12.5 Å². The monoisotopic (exact) mass is 304 g/mol. The lowest BCUT2D eigenvalue weighted by atomic mass is 10.1. The number of nitrogens with two attached hydrogens (primary N) is 1. The van der Waals surface area contributed by atoms with Crippen molar-refractivity contribution in [1.29, 1.82) is 0 Å². The average molecular weight is 304 g/mol. The van der Waals surface area contributed by atoms with E-state index in [2.05, 4.69) is 15.3 Å². The van der Waals surface area contributed by atoms with E-state index in [-0.39, 0.29) is 0 Å². The van der Waals surface area contributed by atoms with E-state index >= 15 is 0 Å². The van der Waals surface area contributed by atoms with Gasteiger partial charge in [-0.1, -0.05) is 12.1 Å². The maximum atomic E-state index is 5.83. The molecule has 0 fully saturated rings. The molecule has 0 spiro atoms. The topological polar surface area (TPSA) is 72.5 Å². The summed E-state index contributed by atoms with van der Waals surface area (Å²) in [7, 11) is 1.66. The minimum Gasteiger partial charge on any atom is -0.497 e. The lowest BCUT2D eigenvalue weighted by molar-refractivity contribution is 0.414. The molecule has 21 heavy (non-hydrogen) atoms. The average Bonchev–Trinajstić information content (AvgIpc) is 2.91. The van der Waals surface area contributed by atoms with Gasteiger partial charge in [0.1, 0.15) is 10.8 Å². The smallest absolute Gasteiger partial charge is 0.189 e. The number of aliphatic imine (C=N–C) groups is 1. The van der Waals surface area contributed by atoms with Gasteiger partial charge < -0.3 is 15.8 Å². The van der Waals surface area contributed by atoms with Crippen molar-refractivity contribution in [3.8, 4) is 5.75 Å². The molecular formula is C15H20N4OS. The van der Waals surface area contributed by atoms with Crippen molar-refractivity contribution in [3.05, 3.63) is 45.9 Å². The highest BCUT2D eigenvalue weighted by Crippen LogP contribution is 2.12. The first-order chi connectivity index (χ1) is 10.2. The van der Waals surface area contributed by atoms with Crippen LogP contribution in [0, 0.1) is 6.92 Å². The van der Waals surface area contributed by atoms with Gasteiger partial charge in [-0.25, -0.2) is 9.98 Å². The molecule has 0 aliphatic carbocycles. The van der Waals surface area contributed by atoms with Crippen LogP contribution in [0.15, 0.2) is 35.5 Å². The predicted molar refractivity (Wildman–Crippen MR) is 86.9 cm³/mol. The van der Waals surface area contributed by atoms with Crippen LogP contribution in [0.3, 0.4) is 0 Å². The predicted octanol–water partition coefficient (Wildman–Crippen LogP) is 2.11. The third kappa shape index (κ3) is 5.07. The Labute approximate surface area is 128 Å².